The van der Waals surface area contributed by atoms with Crippen molar-refractivity contribution < 1.29 is 17.2 Å². The summed E-state index contributed by atoms with van der Waals surface area (Å²) in [6, 6.07) is 2.89. The van der Waals surface area contributed by atoms with Gasteiger partial charge in [0.1, 0.15) is 0 Å². The first-order valence-electron chi connectivity index (χ1n) is 7.13. The van der Waals surface area contributed by atoms with Crippen molar-refractivity contribution in [1.29, 1.82) is 0 Å². The number of hydrogen-bond donors (Lipinski definition) is 2. The molecule has 0 radical (unpaired) electrons. The van der Waals surface area contributed by atoms with Gasteiger partial charge in [-0.1, -0.05) is 6.92 Å². The van der Waals surface area contributed by atoms with Crippen LogP contribution in [0.2, 0.25) is 0 Å². The Morgan fingerprint density at radius 1 is 1.10 bits per heavy atom. The highest BCUT2D eigenvalue weighted by molar-refractivity contribution is 7.89. The standard InChI is InChI=1S/C14H20F2N2O2S/c1-2-17-10-3-5-11(6-4-10)18-21(19,20)12-7-8-13(15)14(16)9-12/h7-11,17-18H,2-6H2,1H3. The second-order valence-electron chi connectivity index (χ2n) is 5.30. The van der Waals surface area contributed by atoms with Crippen LogP contribution < -0.4 is 10.0 Å². The minimum absolute atomic E-state index is 0.155. The van der Waals surface area contributed by atoms with Gasteiger partial charge in [-0.15, -0.1) is 0 Å². The van der Waals surface area contributed by atoms with E-state index in [2.05, 4.69) is 10.0 Å². The lowest BCUT2D eigenvalue weighted by Crippen LogP contribution is -2.42. The largest absolute Gasteiger partial charge is 0.314 e. The first-order valence-corrected chi connectivity index (χ1v) is 8.61. The van der Waals surface area contributed by atoms with Gasteiger partial charge in [0.15, 0.2) is 11.6 Å². The Hall–Kier alpha value is -1.05. The van der Waals surface area contributed by atoms with Gasteiger partial charge >= 0.3 is 0 Å². The molecule has 0 unspecified atom stereocenters. The smallest absolute Gasteiger partial charge is 0.240 e. The topological polar surface area (TPSA) is 58.2 Å². The van der Waals surface area contributed by atoms with Crippen LogP contribution in [0.4, 0.5) is 8.78 Å². The molecule has 0 aromatic heterocycles. The van der Waals surface area contributed by atoms with Crippen LogP contribution in [0.3, 0.4) is 0 Å². The Morgan fingerprint density at radius 3 is 2.29 bits per heavy atom. The zero-order valence-corrected chi connectivity index (χ0v) is 12.7. The summed E-state index contributed by atoms with van der Waals surface area (Å²) in [7, 11) is -3.81. The SMILES string of the molecule is CCNC1CCC(NS(=O)(=O)c2ccc(F)c(F)c2)CC1. The third kappa shape index (κ3) is 4.21. The molecule has 0 atom stereocenters. The Labute approximate surface area is 124 Å². The molecular formula is C14H20F2N2O2S. The van der Waals surface area contributed by atoms with E-state index in [1.807, 2.05) is 6.92 Å². The van der Waals surface area contributed by atoms with Crippen molar-refractivity contribution in [3.63, 3.8) is 0 Å². The van der Waals surface area contributed by atoms with Gasteiger partial charge in [-0.05, 0) is 50.4 Å². The Balaban J connectivity index is 2.00. The number of nitrogens with one attached hydrogen (secondary N) is 2. The fourth-order valence-corrected chi connectivity index (χ4v) is 3.95. The van der Waals surface area contributed by atoms with E-state index in [0.29, 0.717) is 12.1 Å². The van der Waals surface area contributed by atoms with Crippen LogP contribution in [0.25, 0.3) is 0 Å². The molecule has 1 aromatic carbocycles. The number of rotatable bonds is 5. The fourth-order valence-electron chi connectivity index (χ4n) is 2.64. The fraction of sp³-hybridized carbons (Fsp3) is 0.571. The van der Waals surface area contributed by atoms with Crippen molar-refractivity contribution in [1.82, 2.24) is 10.0 Å². The van der Waals surface area contributed by atoms with Gasteiger partial charge in [0.2, 0.25) is 10.0 Å². The number of halogens is 2. The summed E-state index contributed by atoms with van der Waals surface area (Å²) in [5.74, 6) is -2.21. The van der Waals surface area contributed by atoms with Crippen LogP contribution in [-0.4, -0.2) is 27.0 Å². The molecule has 1 saturated carbocycles. The molecule has 0 heterocycles. The summed E-state index contributed by atoms with van der Waals surface area (Å²) in [6.07, 6.45) is 3.28. The van der Waals surface area contributed by atoms with E-state index in [1.165, 1.54) is 0 Å². The zero-order chi connectivity index (χ0) is 15.5. The van der Waals surface area contributed by atoms with Crippen LogP contribution in [0.1, 0.15) is 32.6 Å². The molecule has 1 fully saturated rings. The molecular weight excluding hydrogens is 298 g/mol. The number of benzene rings is 1. The normalized spacial score (nSPS) is 23.2. The maximum absolute atomic E-state index is 13.1. The highest BCUT2D eigenvalue weighted by Crippen LogP contribution is 2.21. The minimum Gasteiger partial charge on any atom is -0.314 e. The molecule has 7 heteroatoms. The molecule has 0 bridgehead atoms. The molecule has 1 aliphatic rings. The van der Waals surface area contributed by atoms with Gasteiger partial charge in [-0.25, -0.2) is 21.9 Å². The first-order chi connectivity index (χ1) is 9.92. The molecule has 4 nitrogen and oxygen atoms in total. The predicted octanol–water partition coefficient (Wildman–Crippen LogP) is 2.16. The summed E-state index contributed by atoms with van der Waals surface area (Å²) in [4.78, 5) is -0.241. The molecule has 0 spiro atoms. The Kier molecular flexibility index (Phi) is 5.29. The van der Waals surface area contributed by atoms with Gasteiger partial charge in [-0.3, -0.25) is 0 Å². The molecule has 0 saturated heterocycles. The van der Waals surface area contributed by atoms with Gasteiger partial charge in [-0.2, -0.15) is 0 Å². The van der Waals surface area contributed by atoms with Crippen LogP contribution in [0, 0.1) is 11.6 Å². The second kappa shape index (κ2) is 6.81. The third-order valence-electron chi connectivity index (χ3n) is 3.74. The monoisotopic (exact) mass is 318 g/mol. The van der Waals surface area contributed by atoms with E-state index in [-0.39, 0.29) is 10.9 Å². The lowest BCUT2D eigenvalue weighted by Gasteiger charge is -2.29. The number of hydrogen-bond acceptors (Lipinski definition) is 3. The van der Waals surface area contributed by atoms with Crippen LogP contribution in [0.15, 0.2) is 23.1 Å². The molecule has 21 heavy (non-hydrogen) atoms. The quantitative estimate of drug-likeness (QED) is 0.875. The van der Waals surface area contributed by atoms with E-state index >= 15 is 0 Å². The average Bonchev–Trinajstić information content (AvgIpc) is 2.44. The van der Waals surface area contributed by atoms with Crippen molar-refractivity contribution in [2.24, 2.45) is 0 Å². The summed E-state index contributed by atoms with van der Waals surface area (Å²) >= 11 is 0. The Bertz CT molecular complexity index is 585. The summed E-state index contributed by atoms with van der Waals surface area (Å²) in [5.41, 5.74) is 0. The highest BCUT2D eigenvalue weighted by atomic mass is 32.2. The summed E-state index contributed by atoms with van der Waals surface area (Å²) in [5, 5.41) is 3.34. The van der Waals surface area contributed by atoms with Gasteiger partial charge < -0.3 is 5.32 Å². The predicted molar refractivity (Wildman–Crippen MR) is 76.4 cm³/mol. The van der Waals surface area contributed by atoms with E-state index in [0.717, 1.165) is 44.4 Å². The highest BCUT2D eigenvalue weighted by Gasteiger charge is 2.25. The Morgan fingerprint density at radius 2 is 1.71 bits per heavy atom. The minimum atomic E-state index is -3.81. The van der Waals surface area contributed by atoms with Gasteiger partial charge in [0.05, 0.1) is 4.90 Å². The maximum Gasteiger partial charge on any atom is 0.240 e. The van der Waals surface area contributed by atoms with Gasteiger partial charge in [0, 0.05) is 12.1 Å². The van der Waals surface area contributed by atoms with Crippen LogP contribution in [0.5, 0.6) is 0 Å². The van der Waals surface area contributed by atoms with Crippen LogP contribution >= 0.6 is 0 Å². The van der Waals surface area contributed by atoms with Crippen molar-refractivity contribution in [3.8, 4) is 0 Å². The molecule has 1 aliphatic carbocycles. The molecule has 0 aliphatic heterocycles. The summed E-state index contributed by atoms with van der Waals surface area (Å²) in [6.45, 7) is 2.94. The molecule has 2 N–H and O–H groups in total. The number of sulfonamides is 1. The molecule has 118 valence electrons. The first kappa shape index (κ1) is 16.3. The van der Waals surface area contributed by atoms with Crippen molar-refractivity contribution in [2.45, 2.75) is 49.6 Å². The molecule has 1 aromatic rings. The summed E-state index contributed by atoms with van der Waals surface area (Å²) < 4.78 is 52.9. The van der Waals surface area contributed by atoms with Crippen molar-refractivity contribution >= 4 is 10.0 Å². The maximum atomic E-state index is 13.1. The average molecular weight is 318 g/mol. The van der Waals surface area contributed by atoms with Crippen molar-refractivity contribution in [2.75, 3.05) is 6.54 Å². The van der Waals surface area contributed by atoms with Crippen LogP contribution in [-0.2, 0) is 10.0 Å². The van der Waals surface area contributed by atoms with E-state index < -0.39 is 21.7 Å². The second-order valence-corrected chi connectivity index (χ2v) is 7.02. The molecule has 0 amide bonds. The molecule has 2 rings (SSSR count). The third-order valence-corrected chi connectivity index (χ3v) is 5.26. The van der Waals surface area contributed by atoms with E-state index in [9.17, 15) is 17.2 Å². The lowest BCUT2D eigenvalue weighted by atomic mass is 9.92. The zero-order valence-electron chi connectivity index (χ0n) is 11.9. The van der Waals surface area contributed by atoms with E-state index in [1.54, 1.807) is 0 Å². The van der Waals surface area contributed by atoms with E-state index in [4.69, 9.17) is 0 Å². The van der Waals surface area contributed by atoms with Gasteiger partial charge in [0.25, 0.3) is 0 Å². The lowest BCUT2D eigenvalue weighted by molar-refractivity contribution is 0.333. The van der Waals surface area contributed by atoms with Crippen molar-refractivity contribution in [3.05, 3.63) is 29.8 Å².